The Morgan fingerprint density at radius 2 is 1.53 bits per heavy atom. The first kappa shape index (κ1) is 44.2. The van der Waals surface area contributed by atoms with Gasteiger partial charge in [-0.05, 0) is 57.0 Å². The summed E-state index contributed by atoms with van der Waals surface area (Å²) >= 11 is 7.86. The second-order valence-electron chi connectivity index (χ2n) is 14.6. The van der Waals surface area contributed by atoms with Crippen LogP contribution in [-0.2, 0) is 33.4 Å². The number of aliphatic imine (C=N–C) groups is 1. The van der Waals surface area contributed by atoms with E-state index < -0.39 is 48.2 Å². The van der Waals surface area contributed by atoms with Crippen LogP contribution in [0.3, 0.4) is 0 Å². The first-order valence-electron chi connectivity index (χ1n) is 20.0. The molecule has 20 heteroatoms. The zero-order valence-corrected chi connectivity index (χ0v) is 35.9. The highest BCUT2D eigenvalue weighted by atomic mass is 35.5. The Morgan fingerprint density at radius 1 is 0.855 bits per heavy atom. The maximum absolute atomic E-state index is 13.2. The molecule has 1 saturated heterocycles. The van der Waals surface area contributed by atoms with E-state index in [2.05, 4.69) is 40.0 Å². The van der Waals surface area contributed by atoms with E-state index >= 15 is 0 Å². The van der Waals surface area contributed by atoms with Crippen LogP contribution in [0.2, 0.25) is 5.02 Å². The molecule has 5 heterocycles. The van der Waals surface area contributed by atoms with Crippen molar-refractivity contribution in [3.63, 3.8) is 0 Å². The standard InChI is InChI=1S/C42H45ClN8O10S/c1-23-24(2)62-42-35(23)37(26-7-9-27(43)10-8-26)46-29(38-49-48-25(3)50(38)42)21-33(53)44-13-15-58-17-19-60-20-18-59-16-14-45-34(54)22-61-31-6-4-5-28-36(31)41(57)51(40(28)56)30-11-12-32(52)47-39(30)55/h4-10,29-30H,11-22H2,1-3H3,(H,44,53)(H,45,54)(H,47,52,55)/t29-,30?/m0/s1. The van der Waals surface area contributed by atoms with Crippen LogP contribution in [0.25, 0.3) is 5.00 Å². The third-order valence-corrected chi connectivity index (χ3v) is 11.9. The number of hydrogen-bond acceptors (Lipinski definition) is 14. The number of thiophene rings is 1. The molecule has 0 spiro atoms. The Kier molecular flexibility index (Phi) is 14.2. The monoisotopic (exact) mass is 888 g/mol. The lowest BCUT2D eigenvalue weighted by molar-refractivity contribution is -0.136. The zero-order chi connectivity index (χ0) is 43.9. The van der Waals surface area contributed by atoms with E-state index in [0.29, 0.717) is 43.0 Å². The molecule has 3 aliphatic heterocycles. The maximum atomic E-state index is 13.2. The number of halogens is 1. The van der Waals surface area contributed by atoms with Crippen molar-refractivity contribution in [1.82, 2.24) is 35.6 Å². The smallest absolute Gasteiger partial charge is 0.266 e. The molecule has 0 aliphatic carbocycles. The first-order valence-corrected chi connectivity index (χ1v) is 21.2. The minimum absolute atomic E-state index is 0.00146. The number of rotatable bonds is 19. The maximum Gasteiger partial charge on any atom is 0.266 e. The van der Waals surface area contributed by atoms with Gasteiger partial charge in [0.1, 0.15) is 28.7 Å². The molecular weight excluding hydrogens is 844 g/mol. The molecule has 7 rings (SSSR count). The topological polar surface area (TPSA) is 222 Å². The minimum atomic E-state index is -1.11. The molecule has 2 aromatic heterocycles. The van der Waals surface area contributed by atoms with E-state index in [1.54, 1.807) is 11.3 Å². The molecule has 6 amide bonds. The lowest BCUT2D eigenvalue weighted by Crippen LogP contribution is -2.54. The molecular formula is C42H45ClN8O10S. The number of aryl methyl sites for hydroxylation is 2. The average Bonchev–Trinajstić information content (AvgIpc) is 3.83. The molecule has 3 N–H and O–H groups in total. The highest BCUT2D eigenvalue weighted by Gasteiger charge is 2.46. The highest BCUT2D eigenvalue weighted by Crippen LogP contribution is 2.40. The number of aromatic nitrogens is 3. The fourth-order valence-electron chi connectivity index (χ4n) is 7.25. The van der Waals surface area contributed by atoms with Crippen LogP contribution in [-0.4, -0.2) is 126 Å². The SMILES string of the molecule is Cc1sc2c(c1C)C(c1ccc(Cl)cc1)=N[C@@H](CC(=O)NCCOCCOCCOCCNC(=O)COc1cccc3c1C(=O)N(C1CCC(=O)NC1=O)C3=O)c1nnc(C)n1-2. The van der Waals surface area contributed by atoms with E-state index in [1.165, 1.54) is 18.2 Å². The summed E-state index contributed by atoms with van der Waals surface area (Å²) in [6.07, 6.45) is 0.0945. The Balaban J connectivity index is 0.760. The van der Waals surface area contributed by atoms with E-state index in [-0.39, 0.29) is 68.4 Å². The number of fused-ring (bicyclic) bond motifs is 4. The molecule has 4 aromatic rings. The summed E-state index contributed by atoms with van der Waals surface area (Å²) in [4.78, 5) is 82.8. The van der Waals surface area contributed by atoms with E-state index in [0.717, 1.165) is 37.2 Å². The summed E-state index contributed by atoms with van der Waals surface area (Å²) in [7, 11) is 0. The van der Waals surface area contributed by atoms with Gasteiger partial charge in [-0.15, -0.1) is 21.5 Å². The highest BCUT2D eigenvalue weighted by molar-refractivity contribution is 7.15. The molecule has 2 aromatic carbocycles. The van der Waals surface area contributed by atoms with Crippen LogP contribution in [0.1, 0.15) is 79.2 Å². The normalized spacial score (nSPS) is 16.9. The van der Waals surface area contributed by atoms with Crippen LogP contribution in [0.4, 0.5) is 0 Å². The molecule has 1 unspecified atom stereocenters. The number of piperidine rings is 1. The fourth-order valence-corrected chi connectivity index (χ4v) is 8.59. The van der Waals surface area contributed by atoms with Gasteiger partial charge in [0.15, 0.2) is 12.4 Å². The van der Waals surface area contributed by atoms with Crippen molar-refractivity contribution in [2.45, 2.75) is 52.1 Å². The quantitative estimate of drug-likeness (QED) is 0.0914. The van der Waals surface area contributed by atoms with Gasteiger partial charge in [0.2, 0.25) is 17.7 Å². The predicted octanol–water partition coefficient (Wildman–Crippen LogP) is 2.95. The number of carbonyl (C=O) groups is 6. The van der Waals surface area contributed by atoms with Gasteiger partial charge in [0, 0.05) is 40.5 Å². The fraction of sp³-hybridized carbons (Fsp3) is 0.405. The Morgan fingerprint density at radius 3 is 2.23 bits per heavy atom. The Bertz CT molecular complexity index is 2420. The number of carbonyl (C=O) groups excluding carboxylic acids is 6. The van der Waals surface area contributed by atoms with E-state index in [4.69, 9.17) is 35.5 Å². The summed E-state index contributed by atoms with van der Waals surface area (Å²) in [5.74, 6) is -1.91. The summed E-state index contributed by atoms with van der Waals surface area (Å²) < 4.78 is 24.3. The van der Waals surface area contributed by atoms with Crippen molar-refractivity contribution in [3.8, 4) is 10.8 Å². The van der Waals surface area contributed by atoms with Gasteiger partial charge in [-0.25, -0.2) is 0 Å². The minimum Gasteiger partial charge on any atom is -0.483 e. The molecule has 3 aliphatic rings. The Labute approximate surface area is 365 Å². The largest absolute Gasteiger partial charge is 0.483 e. The molecule has 0 saturated carbocycles. The summed E-state index contributed by atoms with van der Waals surface area (Å²) in [6.45, 7) is 7.81. The molecule has 62 heavy (non-hydrogen) atoms. The van der Waals surface area contributed by atoms with Crippen molar-refractivity contribution in [3.05, 3.63) is 91.8 Å². The van der Waals surface area contributed by atoms with Crippen molar-refractivity contribution < 1.29 is 47.7 Å². The summed E-state index contributed by atoms with van der Waals surface area (Å²) in [6, 6.07) is 10.3. The van der Waals surface area contributed by atoms with Gasteiger partial charge in [0.05, 0.1) is 62.9 Å². The van der Waals surface area contributed by atoms with E-state index in [9.17, 15) is 28.8 Å². The van der Waals surface area contributed by atoms with Gasteiger partial charge in [-0.2, -0.15) is 0 Å². The van der Waals surface area contributed by atoms with Crippen LogP contribution in [0.15, 0.2) is 47.5 Å². The molecule has 0 radical (unpaired) electrons. The summed E-state index contributed by atoms with van der Waals surface area (Å²) in [5.41, 5.74) is 3.79. The lowest BCUT2D eigenvalue weighted by Gasteiger charge is -2.27. The second kappa shape index (κ2) is 19.9. The van der Waals surface area contributed by atoms with Crippen molar-refractivity contribution in [2.24, 2.45) is 4.99 Å². The van der Waals surface area contributed by atoms with Crippen molar-refractivity contribution >= 4 is 64.1 Å². The number of hydrogen-bond donors (Lipinski definition) is 3. The number of amides is 6. The number of nitrogens with one attached hydrogen (secondary N) is 3. The second-order valence-corrected chi connectivity index (χ2v) is 16.2. The van der Waals surface area contributed by atoms with Crippen molar-refractivity contribution in [1.29, 1.82) is 0 Å². The summed E-state index contributed by atoms with van der Waals surface area (Å²) in [5, 5.41) is 18.1. The average molecular weight is 889 g/mol. The third kappa shape index (κ3) is 9.76. The third-order valence-electron chi connectivity index (χ3n) is 10.4. The number of benzene rings is 2. The predicted molar refractivity (Wildman–Crippen MR) is 225 cm³/mol. The molecule has 18 nitrogen and oxygen atoms in total. The van der Waals surface area contributed by atoms with Crippen LogP contribution in [0.5, 0.6) is 5.75 Å². The van der Waals surface area contributed by atoms with Crippen LogP contribution >= 0.6 is 22.9 Å². The number of nitrogens with zero attached hydrogens (tertiary/aromatic N) is 5. The zero-order valence-electron chi connectivity index (χ0n) is 34.3. The molecule has 326 valence electrons. The molecule has 1 fully saturated rings. The van der Waals surface area contributed by atoms with Gasteiger partial charge in [0.25, 0.3) is 17.7 Å². The van der Waals surface area contributed by atoms with Gasteiger partial charge < -0.3 is 29.6 Å². The van der Waals surface area contributed by atoms with Crippen molar-refractivity contribution in [2.75, 3.05) is 59.3 Å². The molecule has 2 atom stereocenters. The van der Waals surface area contributed by atoms with Crippen LogP contribution < -0.4 is 20.7 Å². The number of imide groups is 2. The lowest BCUT2D eigenvalue weighted by atomic mass is 9.99. The Hall–Kier alpha value is -5.86. The van der Waals surface area contributed by atoms with Gasteiger partial charge in [-0.1, -0.05) is 29.8 Å². The number of ether oxygens (including phenoxy) is 4. The van der Waals surface area contributed by atoms with Gasteiger partial charge >= 0.3 is 0 Å². The van der Waals surface area contributed by atoms with Crippen LogP contribution in [0, 0.1) is 20.8 Å². The van der Waals surface area contributed by atoms with Gasteiger partial charge in [-0.3, -0.25) is 48.5 Å². The molecule has 0 bridgehead atoms. The van der Waals surface area contributed by atoms with E-state index in [1.807, 2.05) is 35.8 Å². The first-order chi connectivity index (χ1) is 29.9.